The molecule has 0 atom stereocenters. The summed E-state index contributed by atoms with van der Waals surface area (Å²) in [6.07, 6.45) is 0.843. The molecule has 1 aromatic heterocycles. The first-order valence-corrected chi connectivity index (χ1v) is 9.34. The molecule has 4 rings (SSSR count). The average molecular weight is 394 g/mol. The van der Waals surface area contributed by atoms with Gasteiger partial charge in [-0.25, -0.2) is 0 Å². The zero-order chi connectivity index (χ0) is 20.4. The molecule has 0 aliphatic carbocycles. The van der Waals surface area contributed by atoms with E-state index < -0.39 is 4.92 Å². The number of aromatic amines is 1. The van der Waals surface area contributed by atoms with Crippen molar-refractivity contribution in [2.24, 2.45) is 0 Å². The fourth-order valence-corrected chi connectivity index (χ4v) is 3.76. The number of nitro benzene ring substituents is 1. The van der Waals surface area contributed by atoms with Gasteiger partial charge in [-0.2, -0.15) is 5.10 Å². The molecule has 8 nitrogen and oxygen atoms in total. The van der Waals surface area contributed by atoms with E-state index in [1.54, 1.807) is 6.07 Å². The summed E-state index contributed by atoms with van der Waals surface area (Å²) in [4.78, 5) is 13.4. The van der Waals surface area contributed by atoms with Gasteiger partial charge >= 0.3 is 5.69 Å². The van der Waals surface area contributed by atoms with Crippen molar-refractivity contribution in [2.45, 2.75) is 19.5 Å². The van der Waals surface area contributed by atoms with E-state index in [2.05, 4.69) is 27.2 Å². The molecule has 2 aromatic carbocycles. The van der Waals surface area contributed by atoms with Gasteiger partial charge in [0.25, 0.3) is 0 Å². The second-order valence-electron chi connectivity index (χ2n) is 6.96. The Morgan fingerprint density at radius 2 is 1.93 bits per heavy atom. The van der Waals surface area contributed by atoms with Gasteiger partial charge < -0.3 is 9.47 Å². The number of hydrogen-bond acceptors (Lipinski definition) is 6. The molecule has 0 spiro atoms. The first kappa shape index (κ1) is 18.9. The fourth-order valence-electron chi connectivity index (χ4n) is 3.76. The van der Waals surface area contributed by atoms with Crippen molar-refractivity contribution in [2.75, 3.05) is 20.8 Å². The fraction of sp³-hybridized carbons (Fsp3) is 0.286. The molecule has 8 heteroatoms. The molecule has 0 saturated heterocycles. The Hall–Kier alpha value is -3.39. The molecule has 1 aliphatic rings. The molecule has 0 unspecified atom stereocenters. The second-order valence-corrected chi connectivity index (χ2v) is 6.96. The Morgan fingerprint density at radius 3 is 2.62 bits per heavy atom. The van der Waals surface area contributed by atoms with Gasteiger partial charge in [0.05, 0.1) is 24.7 Å². The molecule has 1 N–H and O–H groups in total. The predicted molar refractivity (Wildman–Crippen MR) is 108 cm³/mol. The summed E-state index contributed by atoms with van der Waals surface area (Å²) in [6.45, 7) is 2.47. The summed E-state index contributed by atoms with van der Waals surface area (Å²) in [5.74, 6) is 0.646. The lowest BCUT2D eigenvalue weighted by Gasteiger charge is -2.27. The zero-order valence-corrected chi connectivity index (χ0v) is 16.3. The molecule has 0 fully saturated rings. The van der Waals surface area contributed by atoms with Crippen LogP contribution in [0.5, 0.6) is 11.5 Å². The van der Waals surface area contributed by atoms with E-state index in [4.69, 9.17) is 9.47 Å². The van der Waals surface area contributed by atoms with Gasteiger partial charge in [-0.3, -0.25) is 20.1 Å². The van der Waals surface area contributed by atoms with Crippen LogP contribution in [-0.4, -0.2) is 40.8 Å². The number of rotatable bonds is 6. The highest BCUT2D eigenvalue weighted by Gasteiger charge is 2.27. The lowest BCUT2D eigenvalue weighted by molar-refractivity contribution is -0.385. The Bertz CT molecular complexity index is 1030. The Kier molecular flexibility index (Phi) is 5.18. The maximum atomic E-state index is 11.5. The molecule has 0 bridgehead atoms. The van der Waals surface area contributed by atoms with Crippen LogP contribution in [-0.2, 0) is 19.5 Å². The van der Waals surface area contributed by atoms with Crippen LogP contribution in [0.4, 0.5) is 5.69 Å². The number of hydrogen-bond donors (Lipinski definition) is 1. The van der Waals surface area contributed by atoms with Crippen LogP contribution in [0.25, 0.3) is 11.3 Å². The van der Waals surface area contributed by atoms with Crippen molar-refractivity contribution in [3.63, 3.8) is 0 Å². The number of fused-ring (bicyclic) bond motifs is 1. The van der Waals surface area contributed by atoms with Crippen molar-refractivity contribution in [3.05, 3.63) is 69.4 Å². The Morgan fingerprint density at radius 1 is 1.17 bits per heavy atom. The lowest BCUT2D eigenvalue weighted by atomic mass is 9.99. The van der Waals surface area contributed by atoms with E-state index in [-0.39, 0.29) is 11.4 Å². The zero-order valence-electron chi connectivity index (χ0n) is 16.3. The Balaban J connectivity index is 1.71. The molecular weight excluding hydrogens is 372 g/mol. The number of aromatic nitrogens is 2. The number of ether oxygens (including phenoxy) is 2. The monoisotopic (exact) mass is 394 g/mol. The van der Waals surface area contributed by atoms with Crippen LogP contribution in [0.1, 0.15) is 16.8 Å². The summed E-state index contributed by atoms with van der Waals surface area (Å²) >= 11 is 0. The average Bonchev–Trinajstić information content (AvgIpc) is 3.16. The molecule has 3 aromatic rings. The molecule has 0 radical (unpaired) electrons. The van der Waals surface area contributed by atoms with E-state index >= 15 is 0 Å². The number of H-pyrrole nitrogens is 1. The van der Waals surface area contributed by atoms with Crippen LogP contribution < -0.4 is 9.47 Å². The van der Waals surface area contributed by atoms with E-state index in [0.717, 1.165) is 30.8 Å². The second kappa shape index (κ2) is 7.92. The summed E-state index contributed by atoms with van der Waals surface area (Å²) in [5, 5.41) is 19.1. The molecule has 0 amide bonds. The van der Waals surface area contributed by atoms with Gasteiger partial charge in [-0.15, -0.1) is 0 Å². The van der Waals surface area contributed by atoms with Crippen LogP contribution in [0, 0.1) is 10.1 Å². The van der Waals surface area contributed by atoms with Gasteiger partial charge in [0.15, 0.2) is 0 Å². The lowest BCUT2D eigenvalue weighted by Crippen LogP contribution is -2.30. The van der Waals surface area contributed by atoms with Crippen molar-refractivity contribution < 1.29 is 14.4 Å². The number of methoxy groups -OCH3 is 2. The van der Waals surface area contributed by atoms with E-state index in [9.17, 15) is 10.1 Å². The molecular formula is C21H22N4O4. The molecule has 1 aliphatic heterocycles. The first-order valence-electron chi connectivity index (χ1n) is 9.34. The molecule has 29 heavy (non-hydrogen) atoms. The third-order valence-corrected chi connectivity index (χ3v) is 5.21. The minimum absolute atomic E-state index is 0.114. The third-order valence-electron chi connectivity index (χ3n) is 5.21. The van der Waals surface area contributed by atoms with Crippen LogP contribution in [0.15, 0.2) is 42.5 Å². The first-order chi connectivity index (χ1) is 14.1. The summed E-state index contributed by atoms with van der Waals surface area (Å²) in [7, 11) is 2.93. The Labute approximate surface area is 168 Å². The number of benzene rings is 2. The van der Waals surface area contributed by atoms with Gasteiger partial charge in [0.2, 0.25) is 5.75 Å². The van der Waals surface area contributed by atoms with Crippen LogP contribution in [0.2, 0.25) is 0 Å². The minimum atomic E-state index is -0.456. The predicted octanol–water partition coefficient (Wildman–Crippen LogP) is 3.56. The minimum Gasteiger partial charge on any atom is -0.496 e. The largest absolute Gasteiger partial charge is 0.496 e. The van der Waals surface area contributed by atoms with Gasteiger partial charge in [0.1, 0.15) is 11.4 Å². The van der Waals surface area contributed by atoms with Crippen molar-refractivity contribution >= 4 is 5.69 Å². The van der Waals surface area contributed by atoms with Gasteiger partial charge in [-0.1, -0.05) is 30.3 Å². The summed E-state index contributed by atoms with van der Waals surface area (Å²) in [6, 6.07) is 13.3. The third kappa shape index (κ3) is 3.66. The maximum absolute atomic E-state index is 11.5. The van der Waals surface area contributed by atoms with Crippen LogP contribution >= 0.6 is 0 Å². The van der Waals surface area contributed by atoms with Crippen LogP contribution in [0.3, 0.4) is 0 Å². The topological polar surface area (TPSA) is 93.5 Å². The van der Waals surface area contributed by atoms with Crippen molar-refractivity contribution in [1.29, 1.82) is 0 Å². The van der Waals surface area contributed by atoms with Crippen molar-refractivity contribution in [3.8, 4) is 22.8 Å². The standard InChI is InChI=1S/C21H22N4O4/c1-28-19-11-20(29-2)18(25(26)27)10-15(19)21-16-13-24(9-8-17(16)22-23-21)12-14-6-4-3-5-7-14/h3-7,10-11H,8-9,12-13H2,1-2H3,(H,22,23). The SMILES string of the molecule is COc1cc(OC)c([N+](=O)[O-])cc1-c1n[nH]c2c1CN(Cc1ccccc1)CC2. The highest BCUT2D eigenvalue weighted by Crippen LogP contribution is 2.41. The normalized spacial score (nSPS) is 13.7. The number of nitro groups is 1. The quantitative estimate of drug-likeness (QED) is 0.508. The summed E-state index contributed by atoms with van der Waals surface area (Å²) < 4.78 is 10.6. The highest BCUT2D eigenvalue weighted by molar-refractivity contribution is 5.76. The van der Waals surface area contributed by atoms with Gasteiger partial charge in [-0.05, 0) is 5.56 Å². The smallest absolute Gasteiger partial charge is 0.311 e. The van der Waals surface area contributed by atoms with E-state index in [1.807, 2.05) is 18.2 Å². The maximum Gasteiger partial charge on any atom is 0.311 e. The van der Waals surface area contributed by atoms with Crippen molar-refractivity contribution in [1.82, 2.24) is 15.1 Å². The summed E-state index contributed by atoms with van der Waals surface area (Å²) in [5.41, 5.74) is 4.50. The molecule has 2 heterocycles. The number of nitrogens with one attached hydrogen (secondary N) is 1. The molecule has 0 saturated carbocycles. The molecule has 150 valence electrons. The van der Waals surface area contributed by atoms with E-state index in [0.29, 0.717) is 23.6 Å². The highest BCUT2D eigenvalue weighted by atomic mass is 16.6. The number of nitrogens with zero attached hydrogens (tertiary/aromatic N) is 3. The van der Waals surface area contributed by atoms with Gasteiger partial charge in [0, 0.05) is 49.4 Å². The van der Waals surface area contributed by atoms with E-state index in [1.165, 1.54) is 25.8 Å².